The Morgan fingerprint density at radius 3 is 2.78 bits per heavy atom. The fourth-order valence-corrected chi connectivity index (χ4v) is 4.37. The number of guanidine groups is 1. The minimum atomic E-state index is -2.84. The topological polar surface area (TPSA) is 70.6 Å². The first-order chi connectivity index (χ1) is 10.5. The molecule has 5 nitrogen and oxygen atoms in total. The lowest BCUT2D eigenvalue weighted by molar-refractivity contribution is 0.567. The lowest BCUT2D eigenvalue weighted by Crippen LogP contribution is -2.40. The zero-order valence-electron chi connectivity index (χ0n) is 13.1. The number of rotatable bonds is 5. The SMILES string of the molecule is CN=C(NCCc1cccc(F)c1)NCC1CCS(=O)(=O)C1.I. The van der Waals surface area contributed by atoms with Crippen molar-refractivity contribution in [2.45, 2.75) is 12.8 Å². The van der Waals surface area contributed by atoms with Gasteiger partial charge in [0.2, 0.25) is 0 Å². The Kier molecular flexibility index (Phi) is 8.24. The van der Waals surface area contributed by atoms with Gasteiger partial charge >= 0.3 is 0 Å². The summed E-state index contributed by atoms with van der Waals surface area (Å²) in [5.41, 5.74) is 0.921. The summed E-state index contributed by atoms with van der Waals surface area (Å²) in [6.07, 6.45) is 1.39. The van der Waals surface area contributed by atoms with Crippen LogP contribution in [0.15, 0.2) is 29.3 Å². The summed E-state index contributed by atoms with van der Waals surface area (Å²) in [6.45, 7) is 1.23. The largest absolute Gasteiger partial charge is 0.356 e. The molecule has 0 amide bonds. The first-order valence-electron chi connectivity index (χ1n) is 7.38. The summed E-state index contributed by atoms with van der Waals surface area (Å²) in [7, 11) is -1.17. The van der Waals surface area contributed by atoms with Crippen LogP contribution < -0.4 is 10.6 Å². The summed E-state index contributed by atoms with van der Waals surface area (Å²) in [5.74, 6) is 1.08. The van der Waals surface area contributed by atoms with E-state index >= 15 is 0 Å². The van der Waals surface area contributed by atoms with E-state index in [1.54, 1.807) is 13.1 Å². The standard InChI is InChI=1S/C15H22FN3O2S.HI/c1-17-15(19-10-13-6-8-22(20,21)11-13)18-7-5-12-3-2-4-14(16)9-12;/h2-4,9,13H,5-8,10-11H2,1H3,(H2,17,18,19);1H. The Labute approximate surface area is 154 Å². The number of hydrogen-bond donors (Lipinski definition) is 2. The van der Waals surface area contributed by atoms with Gasteiger partial charge in [-0.3, -0.25) is 4.99 Å². The second-order valence-electron chi connectivity index (χ2n) is 5.53. The number of sulfone groups is 1. The average Bonchev–Trinajstić information content (AvgIpc) is 2.82. The monoisotopic (exact) mass is 455 g/mol. The summed E-state index contributed by atoms with van der Waals surface area (Å²) in [4.78, 5) is 4.11. The molecule has 23 heavy (non-hydrogen) atoms. The normalized spacial score (nSPS) is 19.9. The molecule has 0 aliphatic carbocycles. The number of nitrogens with zero attached hydrogens (tertiary/aromatic N) is 1. The number of benzene rings is 1. The molecule has 1 aromatic carbocycles. The van der Waals surface area contributed by atoms with Gasteiger partial charge in [-0.2, -0.15) is 0 Å². The molecule has 1 aromatic rings. The van der Waals surface area contributed by atoms with Crippen molar-refractivity contribution < 1.29 is 12.8 Å². The lowest BCUT2D eigenvalue weighted by atomic mass is 10.1. The molecule has 1 saturated heterocycles. The summed E-state index contributed by atoms with van der Waals surface area (Å²) < 4.78 is 35.9. The van der Waals surface area contributed by atoms with Gasteiger partial charge in [0, 0.05) is 20.1 Å². The Bertz CT molecular complexity index is 637. The van der Waals surface area contributed by atoms with Crippen molar-refractivity contribution in [1.29, 1.82) is 0 Å². The second kappa shape index (κ2) is 9.41. The van der Waals surface area contributed by atoms with Gasteiger partial charge in [0.1, 0.15) is 5.82 Å². The number of halogens is 2. The minimum Gasteiger partial charge on any atom is -0.356 e. The summed E-state index contributed by atoms with van der Waals surface area (Å²) in [5, 5.41) is 6.30. The molecule has 2 rings (SSSR count). The number of hydrogen-bond acceptors (Lipinski definition) is 3. The zero-order chi connectivity index (χ0) is 16.0. The lowest BCUT2D eigenvalue weighted by Gasteiger charge is -2.14. The van der Waals surface area contributed by atoms with Crippen LogP contribution in [0, 0.1) is 11.7 Å². The van der Waals surface area contributed by atoms with Crippen LogP contribution in [0.4, 0.5) is 4.39 Å². The molecule has 1 aliphatic rings. The predicted octanol–water partition coefficient (Wildman–Crippen LogP) is 1.59. The van der Waals surface area contributed by atoms with Crippen molar-refractivity contribution in [2.75, 3.05) is 31.6 Å². The molecule has 1 aliphatic heterocycles. The molecule has 2 N–H and O–H groups in total. The highest BCUT2D eigenvalue weighted by molar-refractivity contribution is 14.0. The van der Waals surface area contributed by atoms with E-state index in [1.165, 1.54) is 12.1 Å². The van der Waals surface area contributed by atoms with Gasteiger partial charge in [0.15, 0.2) is 15.8 Å². The second-order valence-corrected chi connectivity index (χ2v) is 7.76. The van der Waals surface area contributed by atoms with Gasteiger partial charge in [0.25, 0.3) is 0 Å². The van der Waals surface area contributed by atoms with E-state index in [2.05, 4.69) is 15.6 Å². The zero-order valence-corrected chi connectivity index (χ0v) is 16.2. The van der Waals surface area contributed by atoms with Gasteiger partial charge in [-0.05, 0) is 36.5 Å². The Morgan fingerprint density at radius 2 is 2.17 bits per heavy atom. The molecule has 0 bridgehead atoms. The van der Waals surface area contributed by atoms with Gasteiger partial charge in [-0.15, -0.1) is 24.0 Å². The van der Waals surface area contributed by atoms with E-state index in [0.29, 0.717) is 31.9 Å². The number of nitrogens with one attached hydrogen (secondary N) is 2. The van der Waals surface area contributed by atoms with Gasteiger partial charge < -0.3 is 10.6 Å². The summed E-state index contributed by atoms with van der Waals surface area (Å²) >= 11 is 0. The van der Waals surface area contributed by atoms with Crippen molar-refractivity contribution in [2.24, 2.45) is 10.9 Å². The molecule has 0 saturated carbocycles. The van der Waals surface area contributed by atoms with E-state index in [9.17, 15) is 12.8 Å². The fourth-order valence-electron chi connectivity index (χ4n) is 2.51. The van der Waals surface area contributed by atoms with Crippen molar-refractivity contribution in [1.82, 2.24) is 10.6 Å². The molecular formula is C15H23FIN3O2S. The molecule has 1 fully saturated rings. The maximum Gasteiger partial charge on any atom is 0.190 e. The molecule has 1 atom stereocenters. The van der Waals surface area contributed by atoms with Crippen LogP contribution in [-0.4, -0.2) is 46.0 Å². The van der Waals surface area contributed by atoms with Crippen molar-refractivity contribution >= 4 is 39.8 Å². The van der Waals surface area contributed by atoms with Gasteiger partial charge in [-0.25, -0.2) is 12.8 Å². The number of aliphatic imine (C=N–C) groups is 1. The molecule has 8 heteroatoms. The highest BCUT2D eigenvalue weighted by Gasteiger charge is 2.27. The molecule has 0 spiro atoms. The third-order valence-electron chi connectivity index (χ3n) is 3.70. The highest BCUT2D eigenvalue weighted by Crippen LogP contribution is 2.17. The highest BCUT2D eigenvalue weighted by atomic mass is 127. The van der Waals surface area contributed by atoms with Crippen molar-refractivity contribution in [3.63, 3.8) is 0 Å². The maximum atomic E-state index is 13.1. The van der Waals surface area contributed by atoms with Crippen LogP contribution >= 0.6 is 24.0 Å². The third-order valence-corrected chi connectivity index (χ3v) is 5.54. The average molecular weight is 455 g/mol. The first kappa shape index (κ1) is 20.1. The van der Waals surface area contributed by atoms with Gasteiger partial charge in [0.05, 0.1) is 11.5 Å². The molecule has 1 unspecified atom stereocenters. The fraction of sp³-hybridized carbons (Fsp3) is 0.533. The smallest absolute Gasteiger partial charge is 0.190 e. The summed E-state index contributed by atoms with van der Waals surface area (Å²) in [6, 6.07) is 6.51. The van der Waals surface area contributed by atoms with Crippen molar-refractivity contribution in [3.8, 4) is 0 Å². The van der Waals surface area contributed by atoms with E-state index in [4.69, 9.17) is 0 Å². The predicted molar refractivity (Wildman–Crippen MR) is 102 cm³/mol. The van der Waals surface area contributed by atoms with E-state index in [-0.39, 0.29) is 47.2 Å². The van der Waals surface area contributed by atoms with Crippen LogP contribution in [0.25, 0.3) is 0 Å². The van der Waals surface area contributed by atoms with Crippen LogP contribution in [0.1, 0.15) is 12.0 Å². The molecule has 1 heterocycles. The quantitative estimate of drug-likeness (QED) is 0.402. The maximum absolute atomic E-state index is 13.1. The Hall–Kier alpha value is -0.900. The van der Waals surface area contributed by atoms with E-state index in [1.807, 2.05) is 6.07 Å². The molecular weight excluding hydrogens is 432 g/mol. The van der Waals surface area contributed by atoms with E-state index < -0.39 is 9.84 Å². The Morgan fingerprint density at radius 1 is 1.39 bits per heavy atom. The first-order valence-corrected chi connectivity index (χ1v) is 9.20. The van der Waals surface area contributed by atoms with Crippen LogP contribution in [-0.2, 0) is 16.3 Å². The van der Waals surface area contributed by atoms with Crippen molar-refractivity contribution in [3.05, 3.63) is 35.6 Å². The molecule has 0 radical (unpaired) electrons. The van der Waals surface area contributed by atoms with Crippen LogP contribution in [0.5, 0.6) is 0 Å². The molecule has 0 aromatic heterocycles. The van der Waals surface area contributed by atoms with E-state index in [0.717, 1.165) is 5.56 Å². The minimum absolute atomic E-state index is 0. The van der Waals surface area contributed by atoms with Crippen LogP contribution in [0.2, 0.25) is 0 Å². The van der Waals surface area contributed by atoms with Gasteiger partial charge in [-0.1, -0.05) is 12.1 Å². The van der Waals surface area contributed by atoms with Crippen LogP contribution in [0.3, 0.4) is 0 Å². The molecule has 130 valence electrons. The third kappa shape index (κ3) is 7.03. The Balaban J connectivity index is 0.00000264.